The standard InChI is InChI=1S/C25H23N5O4/c1-14-8-9-26-19(10-14)34-16-6-4-15(5-7-16)22(31)17-11-27-23-20(17)21-18(12-28-23)29-24(32)25(2,30-21)13-33-3/h4-12,30H,13H2,1-3H3,(H,27,28)(H,29,32)/t25-/m0/s1. The van der Waals surface area contributed by atoms with Crippen molar-refractivity contribution in [2.24, 2.45) is 0 Å². The minimum absolute atomic E-state index is 0.160. The number of aromatic nitrogens is 3. The van der Waals surface area contributed by atoms with Crippen molar-refractivity contribution in [3.8, 4) is 11.6 Å². The Hall–Kier alpha value is -4.24. The van der Waals surface area contributed by atoms with Crippen LogP contribution in [0.3, 0.4) is 0 Å². The van der Waals surface area contributed by atoms with Crippen molar-refractivity contribution in [2.45, 2.75) is 19.4 Å². The Bertz CT molecular complexity index is 1410. The Kier molecular flexibility index (Phi) is 5.25. The molecule has 9 heteroatoms. The monoisotopic (exact) mass is 457 g/mol. The van der Waals surface area contributed by atoms with Gasteiger partial charge in [0.05, 0.1) is 35.1 Å². The van der Waals surface area contributed by atoms with Gasteiger partial charge in [-0.1, -0.05) is 0 Å². The number of amides is 1. The second-order valence-corrected chi connectivity index (χ2v) is 8.44. The molecular weight excluding hydrogens is 434 g/mol. The minimum Gasteiger partial charge on any atom is -0.439 e. The number of pyridine rings is 2. The molecule has 1 amide bonds. The molecule has 4 heterocycles. The summed E-state index contributed by atoms with van der Waals surface area (Å²) in [6.07, 6.45) is 4.88. The smallest absolute Gasteiger partial charge is 0.252 e. The third-order valence-electron chi connectivity index (χ3n) is 5.76. The molecule has 1 atom stereocenters. The fraction of sp³-hybridized carbons (Fsp3) is 0.200. The van der Waals surface area contributed by atoms with Gasteiger partial charge >= 0.3 is 0 Å². The fourth-order valence-electron chi connectivity index (χ4n) is 4.00. The highest BCUT2D eigenvalue weighted by Crippen LogP contribution is 2.38. The third kappa shape index (κ3) is 3.75. The lowest BCUT2D eigenvalue weighted by Crippen LogP contribution is -2.53. The van der Waals surface area contributed by atoms with Crippen molar-refractivity contribution < 1.29 is 19.1 Å². The van der Waals surface area contributed by atoms with E-state index in [1.54, 1.807) is 49.8 Å². The van der Waals surface area contributed by atoms with Crippen LogP contribution in [0.25, 0.3) is 11.0 Å². The van der Waals surface area contributed by atoms with E-state index >= 15 is 0 Å². The molecule has 0 bridgehead atoms. The molecule has 0 spiro atoms. The Labute approximate surface area is 195 Å². The minimum atomic E-state index is -0.990. The first-order chi connectivity index (χ1) is 16.4. The molecule has 0 fully saturated rings. The number of methoxy groups -OCH3 is 1. The van der Waals surface area contributed by atoms with Gasteiger partial charge in [-0.25, -0.2) is 9.97 Å². The van der Waals surface area contributed by atoms with E-state index in [1.165, 1.54) is 7.11 Å². The van der Waals surface area contributed by atoms with Crippen LogP contribution < -0.4 is 15.4 Å². The van der Waals surface area contributed by atoms with Crippen LogP contribution >= 0.6 is 0 Å². The van der Waals surface area contributed by atoms with E-state index in [-0.39, 0.29) is 18.3 Å². The van der Waals surface area contributed by atoms with Gasteiger partial charge in [-0.05, 0) is 49.7 Å². The van der Waals surface area contributed by atoms with E-state index in [4.69, 9.17) is 9.47 Å². The van der Waals surface area contributed by atoms with Crippen LogP contribution in [0.5, 0.6) is 11.6 Å². The maximum atomic E-state index is 13.4. The van der Waals surface area contributed by atoms with E-state index in [1.807, 2.05) is 19.1 Å². The Morgan fingerprint density at radius 1 is 1.15 bits per heavy atom. The summed E-state index contributed by atoms with van der Waals surface area (Å²) in [5.41, 5.74) is 2.65. The molecule has 5 rings (SSSR count). The molecule has 0 saturated heterocycles. The highest BCUT2D eigenvalue weighted by Gasteiger charge is 2.39. The highest BCUT2D eigenvalue weighted by molar-refractivity contribution is 6.21. The molecule has 3 aromatic heterocycles. The van der Waals surface area contributed by atoms with Crippen molar-refractivity contribution in [1.82, 2.24) is 15.0 Å². The summed E-state index contributed by atoms with van der Waals surface area (Å²) >= 11 is 0. The molecule has 9 nitrogen and oxygen atoms in total. The number of hydrogen-bond acceptors (Lipinski definition) is 7. The summed E-state index contributed by atoms with van der Waals surface area (Å²) in [7, 11) is 1.53. The lowest BCUT2D eigenvalue weighted by molar-refractivity contribution is -0.121. The van der Waals surface area contributed by atoms with Crippen molar-refractivity contribution >= 4 is 34.1 Å². The number of aromatic amines is 1. The van der Waals surface area contributed by atoms with Crippen LogP contribution in [-0.2, 0) is 9.53 Å². The second-order valence-electron chi connectivity index (χ2n) is 8.44. The summed E-state index contributed by atoms with van der Waals surface area (Å²) in [6.45, 7) is 3.87. The van der Waals surface area contributed by atoms with Gasteiger partial charge < -0.3 is 25.1 Å². The molecule has 0 unspecified atom stereocenters. The van der Waals surface area contributed by atoms with Crippen molar-refractivity contribution in [3.05, 3.63) is 71.7 Å². The molecule has 0 saturated carbocycles. The van der Waals surface area contributed by atoms with Gasteiger partial charge in [0.15, 0.2) is 5.78 Å². The molecular formula is C25H23N5O4. The average Bonchev–Trinajstić information content (AvgIpc) is 3.25. The summed E-state index contributed by atoms with van der Waals surface area (Å²) in [5, 5.41) is 6.74. The number of hydrogen-bond donors (Lipinski definition) is 3. The maximum Gasteiger partial charge on any atom is 0.252 e. The van der Waals surface area contributed by atoms with Crippen LogP contribution in [0, 0.1) is 6.92 Å². The molecule has 0 aliphatic carbocycles. The van der Waals surface area contributed by atoms with Crippen LogP contribution in [0.2, 0.25) is 0 Å². The number of ether oxygens (including phenoxy) is 2. The molecule has 1 aromatic carbocycles. The number of benzene rings is 1. The van der Waals surface area contributed by atoms with Crippen LogP contribution in [0.4, 0.5) is 11.4 Å². The van der Waals surface area contributed by atoms with Crippen LogP contribution in [0.15, 0.2) is 55.0 Å². The van der Waals surface area contributed by atoms with Crippen molar-refractivity contribution in [1.29, 1.82) is 0 Å². The topological polar surface area (TPSA) is 118 Å². The van der Waals surface area contributed by atoms with E-state index in [0.717, 1.165) is 5.56 Å². The van der Waals surface area contributed by atoms with Gasteiger partial charge in [-0.15, -0.1) is 0 Å². The van der Waals surface area contributed by atoms with Crippen molar-refractivity contribution in [2.75, 3.05) is 24.4 Å². The van der Waals surface area contributed by atoms with Crippen LogP contribution in [0.1, 0.15) is 28.4 Å². The Morgan fingerprint density at radius 2 is 1.94 bits per heavy atom. The normalized spacial score (nSPS) is 17.1. The number of aryl methyl sites for hydroxylation is 1. The lowest BCUT2D eigenvalue weighted by Gasteiger charge is -2.35. The summed E-state index contributed by atoms with van der Waals surface area (Å²) in [6, 6.07) is 10.6. The van der Waals surface area contributed by atoms with Gasteiger partial charge in [-0.3, -0.25) is 9.59 Å². The SMILES string of the molecule is COC[C@]1(C)Nc2c(cnc3[nH]cc(C(=O)c4ccc(Oc5cc(C)ccn5)cc4)c23)NC1=O. The second kappa shape index (κ2) is 8.27. The quantitative estimate of drug-likeness (QED) is 0.374. The van der Waals surface area contributed by atoms with Gasteiger partial charge in [0.2, 0.25) is 5.88 Å². The molecule has 34 heavy (non-hydrogen) atoms. The van der Waals surface area contributed by atoms with E-state index < -0.39 is 5.54 Å². The number of carbonyl (C=O) groups is 2. The zero-order valence-corrected chi connectivity index (χ0v) is 18.9. The molecule has 4 aromatic rings. The number of carbonyl (C=O) groups excluding carboxylic acids is 2. The number of anilines is 2. The van der Waals surface area contributed by atoms with E-state index in [2.05, 4.69) is 25.6 Å². The zero-order valence-electron chi connectivity index (χ0n) is 18.9. The Balaban J connectivity index is 1.47. The number of ketones is 1. The van der Waals surface area contributed by atoms with Gasteiger partial charge in [0, 0.05) is 31.1 Å². The van der Waals surface area contributed by atoms with Gasteiger partial charge in [0.25, 0.3) is 5.91 Å². The zero-order chi connectivity index (χ0) is 23.9. The molecule has 3 N–H and O–H groups in total. The summed E-state index contributed by atoms with van der Waals surface area (Å²) < 4.78 is 11.0. The Morgan fingerprint density at radius 3 is 2.68 bits per heavy atom. The number of fused-ring (bicyclic) bond motifs is 3. The highest BCUT2D eigenvalue weighted by atomic mass is 16.5. The predicted octanol–water partition coefficient (Wildman–Crippen LogP) is 4.06. The number of rotatable bonds is 6. The van der Waals surface area contributed by atoms with E-state index in [9.17, 15) is 9.59 Å². The number of nitrogens with one attached hydrogen (secondary N) is 3. The first-order valence-electron chi connectivity index (χ1n) is 10.7. The first-order valence-corrected chi connectivity index (χ1v) is 10.7. The summed E-state index contributed by atoms with van der Waals surface area (Å²) in [4.78, 5) is 37.6. The van der Waals surface area contributed by atoms with Gasteiger partial charge in [0.1, 0.15) is 16.9 Å². The first kappa shape index (κ1) is 21.6. The predicted molar refractivity (Wildman–Crippen MR) is 128 cm³/mol. The van der Waals surface area contributed by atoms with E-state index in [0.29, 0.717) is 45.2 Å². The number of nitrogens with zero attached hydrogens (tertiary/aromatic N) is 2. The summed E-state index contributed by atoms with van der Waals surface area (Å²) in [5.74, 6) is 0.645. The average molecular weight is 457 g/mol. The van der Waals surface area contributed by atoms with Crippen LogP contribution in [-0.4, -0.2) is 45.9 Å². The van der Waals surface area contributed by atoms with Crippen molar-refractivity contribution in [3.63, 3.8) is 0 Å². The lowest BCUT2D eigenvalue weighted by atomic mass is 9.96. The third-order valence-corrected chi connectivity index (χ3v) is 5.76. The molecule has 0 radical (unpaired) electrons. The number of H-pyrrole nitrogens is 1. The largest absolute Gasteiger partial charge is 0.439 e. The maximum absolute atomic E-state index is 13.4. The molecule has 172 valence electrons. The molecule has 1 aliphatic rings. The molecule has 1 aliphatic heterocycles. The fourth-order valence-corrected chi connectivity index (χ4v) is 4.00. The van der Waals surface area contributed by atoms with Gasteiger partial charge in [-0.2, -0.15) is 0 Å².